The first-order valence-corrected chi connectivity index (χ1v) is 7.14. The number of halogens is 2. The number of hydrogen-bond acceptors (Lipinski definition) is 3. The van der Waals surface area contributed by atoms with Crippen LogP contribution in [0, 0.1) is 19.7 Å². The molecule has 18 heavy (non-hydrogen) atoms. The normalized spacial score (nSPS) is 12.7. The van der Waals surface area contributed by atoms with E-state index in [0.29, 0.717) is 10.9 Å². The van der Waals surface area contributed by atoms with Gasteiger partial charge in [0.2, 0.25) is 0 Å². The van der Waals surface area contributed by atoms with Gasteiger partial charge in [-0.1, -0.05) is 6.07 Å². The Balaban J connectivity index is 2.18. The molecule has 1 heterocycles. The number of thiazole rings is 1. The first-order valence-electron chi connectivity index (χ1n) is 5.53. The molecule has 1 aromatic carbocycles. The molecule has 1 atom stereocenters. The van der Waals surface area contributed by atoms with Crippen molar-refractivity contribution < 1.29 is 9.50 Å². The van der Waals surface area contributed by atoms with Crippen LogP contribution < -0.4 is 0 Å². The molecule has 96 valence electrons. The second kappa shape index (κ2) is 5.47. The van der Waals surface area contributed by atoms with Gasteiger partial charge in [0.05, 0.1) is 26.2 Å². The molecule has 0 bridgehead atoms. The third kappa shape index (κ3) is 2.96. The quantitative estimate of drug-likeness (QED) is 0.925. The van der Waals surface area contributed by atoms with Crippen LogP contribution in [0.4, 0.5) is 4.39 Å². The summed E-state index contributed by atoms with van der Waals surface area (Å²) in [6.07, 6.45) is -0.130. The highest BCUT2D eigenvalue weighted by atomic mass is 79.9. The maximum Gasteiger partial charge on any atom is 0.137 e. The van der Waals surface area contributed by atoms with Gasteiger partial charge in [0.25, 0.3) is 0 Å². The lowest BCUT2D eigenvalue weighted by Gasteiger charge is -2.10. The van der Waals surface area contributed by atoms with Crippen molar-refractivity contribution in [3.8, 4) is 0 Å². The summed E-state index contributed by atoms with van der Waals surface area (Å²) in [6.45, 7) is 3.81. The molecule has 2 rings (SSSR count). The van der Waals surface area contributed by atoms with E-state index < -0.39 is 6.10 Å². The number of hydrogen-bond donors (Lipinski definition) is 1. The van der Waals surface area contributed by atoms with Gasteiger partial charge in [0, 0.05) is 6.42 Å². The highest BCUT2D eigenvalue weighted by Crippen LogP contribution is 2.28. The standard InChI is InChI=1S/C13H13BrFNOS/c1-7-13(18-8(2)16-7)12(17)6-9-3-4-11(15)10(14)5-9/h3-5,12,17H,6H2,1-2H3. The number of benzene rings is 1. The van der Waals surface area contributed by atoms with E-state index in [1.165, 1.54) is 17.4 Å². The number of aryl methyl sites for hydroxylation is 2. The molecular weight excluding hydrogens is 317 g/mol. The van der Waals surface area contributed by atoms with E-state index in [0.717, 1.165) is 21.1 Å². The Kier molecular flexibility index (Phi) is 4.14. The Labute approximate surface area is 118 Å². The van der Waals surface area contributed by atoms with Gasteiger partial charge in [0.1, 0.15) is 5.82 Å². The molecule has 0 saturated heterocycles. The fourth-order valence-corrected chi connectivity index (χ4v) is 3.18. The summed E-state index contributed by atoms with van der Waals surface area (Å²) in [5.74, 6) is -0.293. The number of aliphatic hydroxyl groups excluding tert-OH is 1. The van der Waals surface area contributed by atoms with Gasteiger partial charge < -0.3 is 5.11 Å². The van der Waals surface area contributed by atoms with Crippen LogP contribution in [0.2, 0.25) is 0 Å². The third-order valence-corrected chi connectivity index (χ3v) is 4.44. The first-order chi connectivity index (χ1) is 8.47. The molecule has 0 aliphatic carbocycles. The van der Waals surface area contributed by atoms with Crippen molar-refractivity contribution in [1.82, 2.24) is 4.98 Å². The molecule has 0 fully saturated rings. The molecule has 1 N–H and O–H groups in total. The maximum absolute atomic E-state index is 13.1. The van der Waals surface area contributed by atoms with Crippen molar-refractivity contribution in [2.45, 2.75) is 26.4 Å². The predicted molar refractivity (Wildman–Crippen MR) is 74.4 cm³/mol. The summed E-state index contributed by atoms with van der Waals surface area (Å²) in [4.78, 5) is 5.18. The van der Waals surface area contributed by atoms with Crippen molar-refractivity contribution in [1.29, 1.82) is 0 Å². The fraction of sp³-hybridized carbons (Fsp3) is 0.308. The molecule has 1 unspecified atom stereocenters. The molecule has 0 aliphatic heterocycles. The average Bonchev–Trinajstić information content (AvgIpc) is 2.63. The fourth-order valence-electron chi connectivity index (χ4n) is 1.84. The number of rotatable bonds is 3. The smallest absolute Gasteiger partial charge is 0.137 e. The van der Waals surface area contributed by atoms with Crippen LogP contribution in [-0.2, 0) is 6.42 Å². The minimum absolute atomic E-state index is 0.293. The SMILES string of the molecule is Cc1nc(C)c(C(O)Cc2ccc(F)c(Br)c2)s1. The maximum atomic E-state index is 13.1. The molecule has 1 aromatic heterocycles. The lowest BCUT2D eigenvalue weighted by molar-refractivity contribution is 0.181. The molecule has 0 spiro atoms. The van der Waals surface area contributed by atoms with Crippen molar-refractivity contribution in [3.05, 3.63) is 49.6 Å². The van der Waals surface area contributed by atoms with Crippen LogP contribution in [0.3, 0.4) is 0 Å². The average molecular weight is 330 g/mol. The van der Waals surface area contributed by atoms with Crippen molar-refractivity contribution in [3.63, 3.8) is 0 Å². The zero-order chi connectivity index (χ0) is 13.3. The second-order valence-electron chi connectivity index (χ2n) is 4.15. The lowest BCUT2D eigenvalue weighted by Crippen LogP contribution is -2.01. The Morgan fingerprint density at radius 2 is 2.17 bits per heavy atom. The van der Waals surface area contributed by atoms with Crippen molar-refractivity contribution in [2.24, 2.45) is 0 Å². The zero-order valence-corrected chi connectivity index (χ0v) is 12.5. The molecule has 0 saturated carbocycles. The van der Waals surface area contributed by atoms with Gasteiger partial charge in [-0.3, -0.25) is 0 Å². The van der Waals surface area contributed by atoms with E-state index in [4.69, 9.17) is 0 Å². The van der Waals surface area contributed by atoms with E-state index in [2.05, 4.69) is 20.9 Å². The van der Waals surface area contributed by atoms with Crippen LogP contribution in [0.5, 0.6) is 0 Å². The van der Waals surface area contributed by atoms with Crippen LogP contribution in [-0.4, -0.2) is 10.1 Å². The van der Waals surface area contributed by atoms with Crippen molar-refractivity contribution in [2.75, 3.05) is 0 Å². The summed E-state index contributed by atoms with van der Waals surface area (Å²) in [5.41, 5.74) is 1.76. The highest BCUT2D eigenvalue weighted by molar-refractivity contribution is 9.10. The highest BCUT2D eigenvalue weighted by Gasteiger charge is 2.15. The molecule has 5 heteroatoms. The summed E-state index contributed by atoms with van der Waals surface area (Å²) >= 11 is 4.65. The predicted octanol–water partition coefficient (Wildman–Crippen LogP) is 3.94. The Morgan fingerprint density at radius 3 is 2.72 bits per heavy atom. The number of aromatic nitrogens is 1. The summed E-state index contributed by atoms with van der Waals surface area (Å²) in [7, 11) is 0. The zero-order valence-electron chi connectivity index (χ0n) is 10.1. The van der Waals surface area contributed by atoms with E-state index in [-0.39, 0.29) is 5.82 Å². The Hall–Kier alpha value is -0.780. The van der Waals surface area contributed by atoms with E-state index >= 15 is 0 Å². The van der Waals surface area contributed by atoms with Gasteiger partial charge >= 0.3 is 0 Å². The van der Waals surface area contributed by atoms with Crippen molar-refractivity contribution >= 4 is 27.3 Å². The summed E-state index contributed by atoms with van der Waals surface area (Å²) < 4.78 is 13.5. The monoisotopic (exact) mass is 329 g/mol. The molecular formula is C13H13BrFNOS. The minimum Gasteiger partial charge on any atom is -0.387 e. The van der Waals surface area contributed by atoms with E-state index in [1.54, 1.807) is 12.1 Å². The second-order valence-corrected chi connectivity index (χ2v) is 6.24. The Morgan fingerprint density at radius 1 is 1.44 bits per heavy atom. The minimum atomic E-state index is -0.589. The van der Waals surface area contributed by atoms with E-state index in [1.807, 2.05) is 13.8 Å². The summed E-state index contributed by atoms with van der Waals surface area (Å²) in [6, 6.07) is 4.78. The summed E-state index contributed by atoms with van der Waals surface area (Å²) in [5, 5.41) is 11.1. The largest absolute Gasteiger partial charge is 0.387 e. The first kappa shape index (κ1) is 13.6. The molecule has 0 radical (unpaired) electrons. The molecule has 0 amide bonds. The number of nitrogens with zero attached hydrogens (tertiary/aromatic N) is 1. The lowest BCUT2D eigenvalue weighted by atomic mass is 10.1. The van der Waals surface area contributed by atoms with Crippen LogP contribution in [0.15, 0.2) is 22.7 Å². The van der Waals surface area contributed by atoms with Gasteiger partial charge in [-0.15, -0.1) is 11.3 Å². The van der Waals surface area contributed by atoms with Crippen LogP contribution >= 0.6 is 27.3 Å². The Bertz CT molecular complexity index is 570. The van der Waals surface area contributed by atoms with Gasteiger partial charge in [0.15, 0.2) is 0 Å². The van der Waals surface area contributed by atoms with Gasteiger partial charge in [-0.05, 0) is 47.5 Å². The van der Waals surface area contributed by atoms with E-state index in [9.17, 15) is 9.50 Å². The molecule has 2 aromatic rings. The number of aliphatic hydroxyl groups is 1. The molecule has 0 aliphatic rings. The van der Waals surface area contributed by atoms with Crippen LogP contribution in [0.25, 0.3) is 0 Å². The van der Waals surface area contributed by atoms with Crippen LogP contribution in [0.1, 0.15) is 27.2 Å². The van der Waals surface area contributed by atoms with Gasteiger partial charge in [-0.2, -0.15) is 0 Å². The third-order valence-electron chi connectivity index (χ3n) is 2.66. The molecule has 2 nitrogen and oxygen atoms in total. The van der Waals surface area contributed by atoms with Gasteiger partial charge in [-0.25, -0.2) is 9.37 Å². The topological polar surface area (TPSA) is 33.1 Å².